The first-order valence-electron chi connectivity index (χ1n) is 5.95. The maximum atomic E-state index is 13.5. The summed E-state index contributed by atoms with van der Waals surface area (Å²) < 4.78 is 13.5. The average Bonchev–Trinajstić information content (AvgIpc) is 2.99. The number of halogens is 1. The molecule has 0 saturated heterocycles. The van der Waals surface area contributed by atoms with Gasteiger partial charge in [0.25, 0.3) is 5.91 Å². The van der Waals surface area contributed by atoms with Crippen LogP contribution < -0.4 is 5.32 Å². The highest BCUT2D eigenvalue weighted by Crippen LogP contribution is 2.39. The number of hydrogen-bond acceptors (Lipinski definition) is 1. The number of benzene rings is 2. The molecule has 3 nitrogen and oxygen atoms in total. The molecule has 1 aliphatic rings. The Hall–Kier alpha value is -2.62. The smallest absolute Gasteiger partial charge is 0.257 e. The molecule has 0 atom stereocenters. The van der Waals surface area contributed by atoms with Crippen molar-refractivity contribution in [2.24, 2.45) is 0 Å². The van der Waals surface area contributed by atoms with E-state index in [1.807, 2.05) is 30.5 Å². The van der Waals surface area contributed by atoms with E-state index in [1.165, 1.54) is 12.1 Å². The van der Waals surface area contributed by atoms with Gasteiger partial charge in [0.15, 0.2) is 0 Å². The van der Waals surface area contributed by atoms with Gasteiger partial charge in [-0.3, -0.25) is 4.79 Å². The summed E-state index contributed by atoms with van der Waals surface area (Å²) in [6.45, 7) is 0. The Balaban J connectivity index is 2.14. The minimum atomic E-state index is -0.344. The summed E-state index contributed by atoms with van der Waals surface area (Å²) in [6.07, 6.45) is 1.81. The molecule has 0 saturated carbocycles. The van der Waals surface area contributed by atoms with Crippen LogP contribution in [0.1, 0.15) is 10.4 Å². The Morgan fingerprint density at radius 3 is 2.79 bits per heavy atom. The number of aromatic nitrogens is 1. The van der Waals surface area contributed by atoms with Crippen LogP contribution >= 0.6 is 0 Å². The summed E-state index contributed by atoms with van der Waals surface area (Å²) in [5.41, 5.74) is 2.86. The van der Waals surface area contributed by atoms with E-state index in [0.29, 0.717) is 11.3 Å². The molecule has 0 spiro atoms. The minimum absolute atomic E-state index is 0.184. The van der Waals surface area contributed by atoms with Crippen LogP contribution in [0.15, 0.2) is 42.6 Å². The quantitative estimate of drug-likeness (QED) is 0.683. The Morgan fingerprint density at radius 1 is 1.11 bits per heavy atom. The van der Waals surface area contributed by atoms with E-state index in [1.54, 1.807) is 0 Å². The SMILES string of the molecule is O=C1Nc2cc(F)cc3ccc(-c4ccc[nH]4)c1c23. The fourth-order valence-corrected chi connectivity index (χ4v) is 2.67. The largest absolute Gasteiger partial charge is 0.361 e. The maximum Gasteiger partial charge on any atom is 0.257 e. The molecule has 0 unspecified atom stereocenters. The standard InChI is InChI=1S/C15H9FN2O/c16-9-6-8-3-4-10(11-2-1-5-17-11)14-13(8)12(7-9)18-15(14)19/h1-7,17H,(H,18,19). The number of H-pyrrole nitrogens is 1. The number of nitrogens with one attached hydrogen (secondary N) is 2. The molecule has 92 valence electrons. The first-order chi connectivity index (χ1) is 9.24. The Labute approximate surface area is 108 Å². The van der Waals surface area contributed by atoms with Gasteiger partial charge >= 0.3 is 0 Å². The molecule has 2 heterocycles. The summed E-state index contributed by atoms with van der Waals surface area (Å²) in [5.74, 6) is -0.529. The number of anilines is 1. The highest BCUT2D eigenvalue weighted by atomic mass is 19.1. The van der Waals surface area contributed by atoms with E-state index in [2.05, 4.69) is 10.3 Å². The van der Waals surface area contributed by atoms with Crippen molar-refractivity contribution < 1.29 is 9.18 Å². The van der Waals surface area contributed by atoms with Gasteiger partial charge in [0.05, 0.1) is 11.3 Å². The molecule has 19 heavy (non-hydrogen) atoms. The van der Waals surface area contributed by atoms with E-state index in [4.69, 9.17) is 0 Å². The lowest BCUT2D eigenvalue weighted by Gasteiger charge is -2.05. The van der Waals surface area contributed by atoms with Gasteiger partial charge in [-0.15, -0.1) is 0 Å². The van der Waals surface area contributed by atoms with Crippen molar-refractivity contribution in [3.63, 3.8) is 0 Å². The molecule has 1 amide bonds. The van der Waals surface area contributed by atoms with Crippen LogP contribution in [-0.2, 0) is 0 Å². The minimum Gasteiger partial charge on any atom is -0.361 e. The van der Waals surface area contributed by atoms with Gasteiger partial charge in [-0.2, -0.15) is 0 Å². The first-order valence-corrected chi connectivity index (χ1v) is 5.95. The molecule has 0 radical (unpaired) electrons. The number of rotatable bonds is 1. The van der Waals surface area contributed by atoms with Crippen LogP contribution in [0.3, 0.4) is 0 Å². The summed E-state index contributed by atoms with van der Waals surface area (Å²) in [6, 6.07) is 10.3. The van der Waals surface area contributed by atoms with Crippen LogP contribution in [-0.4, -0.2) is 10.9 Å². The molecule has 0 aliphatic carbocycles. The molecule has 3 aromatic rings. The van der Waals surface area contributed by atoms with Crippen molar-refractivity contribution in [2.45, 2.75) is 0 Å². The van der Waals surface area contributed by atoms with Crippen LogP contribution in [0.5, 0.6) is 0 Å². The predicted octanol–water partition coefficient (Wildman–Crippen LogP) is 3.54. The van der Waals surface area contributed by atoms with Gasteiger partial charge in [0, 0.05) is 22.8 Å². The highest BCUT2D eigenvalue weighted by Gasteiger charge is 2.26. The normalized spacial score (nSPS) is 13.0. The number of carbonyl (C=O) groups is 1. The Kier molecular flexibility index (Phi) is 1.87. The molecular formula is C15H9FN2O. The lowest BCUT2D eigenvalue weighted by Crippen LogP contribution is -2.05. The van der Waals surface area contributed by atoms with Gasteiger partial charge < -0.3 is 10.3 Å². The van der Waals surface area contributed by atoms with Gasteiger partial charge in [0.2, 0.25) is 0 Å². The number of amides is 1. The van der Waals surface area contributed by atoms with Crippen molar-refractivity contribution in [2.75, 3.05) is 5.32 Å². The first kappa shape index (κ1) is 10.3. The molecule has 1 aromatic heterocycles. The van der Waals surface area contributed by atoms with E-state index in [-0.39, 0.29) is 11.7 Å². The number of carbonyl (C=O) groups excluding carboxylic acids is 1. The Bertz CT molecular complexity index is 822. The van der Waals surface area contributed by atoms with E-state index in [0.717, 1.165) is 22.0 Å². The summed E-state index contributed by atoms with van der Waals surface area (Å²) in [7, 11) is 0. The summed E-state index contributed by atoms with van der Waals surface area (Å²) in [4.78, 5) is 15.2. The third-order valence-electron chi connectivity index (χ3n) is 3.45. The second kappa shape index (κ2) is 3.45. The van der Waals surface area contributed by atoms with E-state index < -0.39 is 0 Å². The van der Waals surface area contributed by atoms with Crippen molar-refractivity contribution in [3.8, 4) is 11.3 Å². The molecule has 2 N–H and O–H groups in total. The summed E-state index contributed by atoms with van der Waals surface area (Å²) >= 11 is 0. The average molecular weight is 252 g/mol. The van der Waals surface area contributed by atoms with Crippen molar-refractivity contribution in [3.05, 3.63) is 54.0 Å². The lowest BCUT2D eigenvalue weighted by atomic mass is 9.98. The zero-order valence-electron chi connectivity index (χ0n) is 9.83. The second-order valence-electron chi connectivity index (χ2n) is 4.58. The second-order valence-corrected chi connectivity index (χ2v) is 4.58. The third-order valence-corrected chi connectivity index (χ3v) is 3.45. The molecule has 1 aliphatic heterocycles. The van der Waals surface area contributed by atoms with Crippen molar-refractivity contribution in [1.29, 1.82) is 0 Å². The van der Waals surface area contributed by atoms with Crippen molar-refractivity contribution >= 4 is 22.4 Å². The zero-order chi connectivity index (χ0) is 13.0. The van der Waals surface area contributed by atoms with Crippen LogP contribution in [0.25, 0.3) is 22.0 Å². The van der Waals surface area contributed by atoms with Gasteiger partial charge in [-0.1, -0.05) is 12.1 Å². The fourth-order valence-electron chi connectivity index (χ4n) is 2.67. The predicted molar refractivity (Wildman–Crippen MR) is 71.6 cm³/mol. The van der Waals surface area contributed by atoms with Gasteiger partial charge in [-0.05, 0) is 29.7 Å². The Morgan fingerprint density at radius 2 is 2.00 bits per heavy atom. The number of aromatic amines is 1. The molecular weight excluding hydrogens is 243 g/mol. The third kappa shape index (κ3) is 1.34. The highest BCUT2D eigenvalue weighted by molar-refractivity contribution is 6.26. The molecule has 4 rings (SSSR count). The van der Waals surface area contributed by atoms with Crippen molar-refractivity contribution in [1.82, 2.24) is 4.98 Å². The zero-order valence-corrected chi connectivity index (χ0v) is 9.83. The molecule has 2 aromatic carbocycles. The van der Waals surface area contributed by atoms with Gasteiger partial charge in [0.1, 0.15) is 5.82 Å². The fraction of sp³-hybridized carbons (Fsp3) is 0. The van der Waals surface area contributed by atoms with Crippen LogP contribution in [0.2, 0.25) is 0 Å². The van der Waals surface area contributed by atoms with Crippen LogP contribution in [0, 0.1) is 5.82 Å². The molecule has 0 bridgehead atoms. The van der Waals surface area contributed by atoms with E-state index >= 15 is 0 Å². The number of hydrogen-bond donors (Lipinski definition) is 2. The van der Waals surface area contributed by atoms with E-state index in [9.17, 15) is 9.18 Å². The summed E-state index contributed by atoms with van der Waals surface area (Å²) in [5, 5.41) is 4.25. The topological polar surface area (TPSA) is 44.9 Å². The molecule has 0 fully saturated rings. The van der Waals surface area contributed by atoms with Crippen LogP contribution in [0.4, 0.5) is 10.1 Å². The maximum absolute atomic E-state index is 13.5. The molecule has 4 heteroatoms. The van der Waals surface area contributed by atoms with Gasteiger partial charge in [-0.25, -0.2) is 4.39 Å². The lowest BCUT2D eigenvalue weighted by molar-refractivity contribution is 0.103. The monoisotopic (exact) mass is 252 g/mol.